The van der Waals surface area contributed by atoms with Gasteiger partial charge in [-0.2, -0.15) is 0 Å². The van der Waals surface area contributed by atoms with E-state index in [2.05, 4.69) is 5.32 Å². The Morgan fingerprint density at radius 1 is 1.53 bits per heavy atom. The summed E-state index contributed by atoms with van der Waals surface area (Å²) >= 11 is 0. The Morgan fingerprint density at radius 2 is 2.27 bits per heavy atom. The largest absolute Gasteiger partial charge is 0.481 e. The standard InChI is InChI=1S/C11H16N2O2/c1-8-4-5-10(9(12)7-8)13-6-2-3-11(14)15/h4-5,7,13H,2-3,6,12H2,1H3,(H,14,15). The molecule has 4 nitrogen and oxygen atoms in total. The van der Waals surface area contributed by atoms with E-state index in [4.69, 9.17) is 10.8 Å². The number of hydrogen-bond donors (Lipinski definition) is 3. The van der Waals surface area contributed by atoms with Crippen LogP contribution in [0.5, 0.6) is 0 Å². The molecule has 1 aromatic carbocycles. The third kappa shape index (κ3) is 3.89. The first kappa shape index (κ1) is 11.4. The van der Waals surface area contributed by atoms with Crippen LogP contribution in [0.4, 0.5) is 11.4 Å². The number of benzene rings is 1. The molecule has 0 atom stereocenters. The molecule has 0 unspecified atom stereocenters. The monoisotopic (exact) mass is 208 g/mol. The van der Waals surface area contributed by atoms with E-state index in [0.717, 1.165) is 11.3 Å². The number of aryl methyl sites for hydroxylation is 1. The van der Waals surface area contributed by atoms with Crippen LogP contribution in [-0.4, -0.2) is 17.6 Å². The van der Waals surface area contributed by atoms with Crippen LogP contribution in [0.3, 0.4) is 0 Å². The average Bonchev–Trinajstić information content (AvgIpc) is 2.14. The van der Waals surface area contributed by atoms with E-state index in [1.54, 1.807) is 0 Å². The lowest BCUT2D eigenvalue weighted by Crippen LogP contribution is -2.06. The van der Waals surface area contributed by atoms with Crippen molar-refractivity contribution in [3.63, 3.8) is 0 Å². The lowest BCUT2D eigenvalue weighted by Gasteiger charge is -2.08. The lowest BCUT2D eigenvalue weighted by molar-refractivity contribution is -0.137. The molecule has 0 saturated carbocycles. The van der Waals surface area contributed by atoms with Crippen LogP contribution in [0, 0.1) is 6.92 Å². The number of hydrogen-bond acceptors (Lipinski definition) is 3. The smallest absolute Gasteiger partial charge is 0.303 e. The van der Waals surface area contributed by atoms with Crippen LogP contribution in [0.15, 0.2) is 18.2 Å². The van der Waals surface area contributed by atoms with Gasteiger partial charge >= 0.3 is 5.97 Å². The maximum Gasteiger partial charge on any atom is 0.303 e. The fraction of sp³-hybridized carbons (Fsp3) is 0.364. The zero-order valence-electron chi connectivity index (χ0n) is 8.79. The Hall–Kier alpha value is -1.71. The first-order valence-electron chi connectivity index (χ1n) is 4.91. The molecule has 0 spiro atoms. The molecule has 0 amide bonds. The van der Waals surface area contributed by atoms with Crippen molar-refractivity contribution in [3.05, 3.63) is 23.8 Å². The van der Waals surface area contributed by atoms with Crippen LogP contribution >= 0.6 is 0 Å². The molecule has 1 aromatic rings. The van der Waals surface area contributed by atoms with Gasteiger partial charge in [0.25, 0.3) is 0 Å². The van der Waals surface area contributed by atoms with Gasteiger partial charge in [0.2, 0.25) is 0 Å². The van der Waals surface area contributed by atoms with Crippen LogP contribution < -0.4 is 11.1 Å². The highest BCUT2D eigenvalue weighted by Crippen LogP contribution is 2.19. The lowest BCUT2D eigenvalue weighted by atomic mass is 10.2. The van der Waals surface area contributed by atoms with Crippen molar-refractivity contribution in [3.8, 4) is 0 Å². The zero-order chi connectivity index (χ0) is 11.3. The topological polar surface area (TPSA) is 75.3 Å². The Labute approximate surface area is 89.1 Å². The van der Waals surface area contributed by atoms with Gasteiger partial charge in [-0.1, -0.05) is 6.07 Å². The van der Waals surface area contributed by atoms with Gasteiger partial charge in [0.1, 0.15) is 0 Å². The summed E-state index contributed by atoms with van der Waals surface area (Å²) < 4.78 is 0. The van der Waals surface area contributed by atoms with Gasteiger partial charge in [0, 0.05) is 13.0 Å². The Kier molecular flexibility index (Phi) is 3.97. The fourth-order valence-corrected chi connectivity index (χ4v) is 1.31. The van der Waals surface area contributed by atoms with Gasteiger partial charge in [-0.3, -0.25) is 4.79 Å². The molecule has 0 heterocycles. The summed E-state index contributed by atoms with van der Waals surface area (Å²) in [6.45, 7) is 2.60. The minimum atomic E-state index is -0.770. The van der Waals surface area contributed by atoms with E-state index in [-0.39, 0.29) is 6.42 Å². The molecule has 4 heteroatoms. The number of aliphatic carboxylic acids is 1. The molecule has 0 saturated heterocycles. The Bertz CT molecular complexity index is 350. The van der Waals surface area contributed by atoms with E-state index >= 15 is 0 Å². The first-order chi connectivity index (χ1) is 7.09. The van der Waals surface area contributed by atoms with Crippen molar-refractivity contribution >= 4 is 17.3 Å². The molecule has 0 aromatic heterocycles. The van der Waals surface area contributed by atoms with Crippen molar-refractivity contribution in [1.29, 1.82) is 0 Å². The van der Waals surface area contributed by atoms with Gasteiger partial charge in [-0.15, -0.1) is 0 Å². The van der Waals surface area contributed by atoms with E-state index in [9.17, 15) is 4.79 Å². The number of anilines is 2. The highest BCUT2D eigenvalue weighted by atomic mass is 16.4. The van der Waals surface area contributed by atoms with Crippen molar-refractivity contribution in [2.24, 2.45) is 0 Å². The van der Waals surface area contributed by atoms with E-state index in [1.807, 2.05) is 25.1 Å². The van der Waals surface area contributed by atoms with E-state index < -0.39 is 5.97 Å². The minimum absolute atomic E-state index is 0.179. The highest BCUT2D eigenvalue weighted by molar-refractivity contribution is 5.68. The SMILES string of the molecule is Cc1ccc(NCCCC(=O)O)c(N)c1. The molecule has 1 rings (SSSR count). The van der Waals surface area contributed by atoms with E-state index in [1.165, 1.54) is 0 Å². The first-order valence-corrected chi connectivity index (χ1v) is 4.91. The third-order valence-electron chi connectivity index (χ3n) is 2.09. The summed E-state index contributed by atoms with van der Waals surface area (Å²) in [6, 6.07) is 5.76. The van der Waals surface area contributed by atoms with Crippen LogP contribution in [0.2, 0.25) is 0 Å². The van der Waals surface area contributed by atoms with Crippen molar-refractivity contribution < 1.29 is 9.90 Å². The number of nitrogens with one attached hydrogen (secondary N) is 1. The minimum Gasteiger partial charge on any atom is -0.481 e. The molecule has 0 fully saturated rings. The summed E-state index contributed by atoms with van der Waals surface area (Å²) in [5.41, 5.74) is 8.47. The number of carboxylic acids is 1. The molecular weight excluding hydrogens is 192 g/mol. The second kappa shape index (κ2) is 5.24. The Morgan fingerprint density at radius 3 is 2.87 bits per heavy atom. The quantitative estimate of drug-likeness (QED) is 0.510. The number of carboxylic acid groups (broad SMARTS) is 1. The van der Waals surface area contributed by atoms with Gasteiger partial charge in [-0.05, 0) is 31.0 Å². The number of nitrogens with two attached hydrogens (primary N) is 1. The van der Waals surface area contributed by atoms with Crippen molar-refractivity contribution in [2.75, 3.05) is 17.6 Å². The third-order valence-corrected chi connectivity index (χ3v) is 2.09. The average molecular weight is 208 g/mol. The van der Waals surface area contributed by atoms with Crippen LogP contribution in [-0.2, 0) is 4.79 Å². The number of carbonyl (C=O) groups is 1. The number of rotatable bonds is 5. The van der Waals surface area contributed by atoms with E-state index in [0.29, 0.717) is 18.7 Å². The second-order valence-corrected chi connectivity index (χ2v) is 3.51. The number of nitrogen functional groups attached to an aromatic ring is 1. The fourth-order valence-electron chi connectivity index (χ4n) is 1.31. The molecule has 15 heavy (non-hydrogen) atoms. The Balaban J connectivity index is 2.40. The second-order valence-electron chi connectivity index (χ2n) is 3.51. The van der Waals surface area contributed by atoms with Gasteiger partial charge < -0.3 is 16.2 Å². The van der Waals surface area contributed by atoms with Crippen LogP contribution in [0.25, 0.3) is 0 Å². The summed E-state index contributed by atoms with van der Waals surface area (Å²) in [5, 5.41) is 11.6. The normalized spacial score (nSPS) is 9.93. The summed E-state index contributed by atoms with van der Waals surface area (Å²) in [7, 11) is 0. The predicted molar refractivity (Wildman–Crippen MR) is 61.0 cm³/mol. The maximum absolute atomic E-state index is 10.3. The van der Waals surface area contributed by atoms with Crippen LogP contribution in [0.1, 0.15) is 18.4 Å². The maximum atomic E-state index is 10.3. The van der Waals surface area contributed by atoms with Gasteiger partial charge in [-0.25, -0.2) is 0 Å². The molecule has 0 radical (unpaired) electrons. The molecule has 0 aliphatic heterocycles. The van der Waals surface area contributed by atoms with Crippen molar-refractivity contribution in [2.45, 2.75) is 19.8 Å². The van der Waals surface area contributed by atoms with Crippen molar-refractivity contribution in [1.82, 2.24) is 0 Å². The molecule has 0 aliphatic carbocycles. The summed E-state index contributed by atoms with van der Waals surface area (Å²) in [4.78, 5) is 10.3. The predicted octanol–water partition coefficient (Wildman–Crippen LogP) is 1.85. The summed E-state index contributed by atoms with van der Waals surface area (Å²) in [6.07, 6.45) is 0.779. The summed E-state index contributed by atoms with van der Waals surface area (Å²) in [5.74, 6) is -0.770. The highest BCUT2D eigenvalue weighted by Gasteiger charge is 1.99. The zero-order valence-corrected chi connectivity index (χ0v) is 8.79. The molecule has 82 valence electrons. The molecule has 0 aliphatic rings. The molecular formula is C11H16N2O2. The molecule has 4 N–H and O–H groups in total. The molecule has 0 bridgehead atoms. The van der Waals surface area contributed by atoms with Gasteiger partial charge in [0.15, 0.2) is 0 Å². The van der Waals surface area contributed by atoms with Gasteiger partial charge in [0.05, 0.1) is 11.4 Å².